The summed E-state index contributed by atoms with van der Waals surface area (Å²) in [6.07, 6.45) is 4.79. The van der Waals surface area contributed by atoms with Crippen molar-refractivity contribution in [2.75, 3.05) is 12.5 Å². The predicted octanol–water partition coefficient (Wildman–Crippen LogP) is 4.03. The summed E-state index contributed by atoms with van der Waals surface area (Å²) in [7, 11) is -1.32. The van der Waals surface area contributed by atoms with Gasteiger partial charge >= 0.3 is 0 Å². The topological polar surface area (TPSA) is 9.23 Å². The Kier molecular flexibility index (Phi) is 8.11. The number of halogens is 1. The van der Waals surface area contributed by atoms with E-state index in [2.05, 4.69) is 20.0 Å². The monoisotopic (exact) mass is 222 g/mol. The van der Waals surface area contributed by atoms with Crippen LogP contribution < -0.4 is 0 Å². The van der Waals surface area contributed by atoms with Gasteiger partial charge in [-0.1, -0.05) is 19.8 Å². The summed E-state index contributed by atoms with van der Waals surface area (Å²) in [6.45, 7) is 7.76. The van der Waals surface area contributed by atoms with Gasteiger partial charge in [-0.05, 0) is 32.0 Å². The van der Waals surface area contributed by atoms with Crippen molar-refractivity contribution < 1.29 is 4.43 Å². The van der Waals surface area contributed by atoms with E-state index in [0.29, 0.717) is 0 Å². The second-order valence-corrected chi connectivity index (χ2v) is 8.79. The summed E-state index contributed by atoms with van der Waals surface area (Å²) in [6, 6.07) is 1.30. The molecule has 0 radical (unpaired) electrons. The fourth-order valence-electron chi connectivity index (χ4n) is 1.22. The molecule has 0 N–H and O–H groups in total. The van der Waals surface area contributed by atoms with E-state index in [4.69, 9.17) is 16.0 Å². The van der Waals surface area contributed by atoms with Crippen molar-refractivity contribution in [2.24, 2.45) is 0 Å². The van der Waals surface area contributed by atoms with Gasteiger partial charge < -0.3 is 4.43 Å². The normalized spacial score (nSPS) is 12.0. The molecule has 0 aliphatic heterocycles. The molecule has 3 heteroatoms. The van der Waals surface area contributed by atoms with Gasteiger partial charge in [0.15, 0.2) is 8.32 Å². The highest BCUT2D eigenvalue weighted by molar-refractivity contribution is 6.71. The van der Waals surface area contributed by atoms with Crippen LogP contribution in [0.2, 0.25) is 19.1 Å². The zero-order valence-corrected chi connectivity index (χ0v) is 11.0. The van der Waals surface area contributed by atoms with Crippen molar-refractivity contribution in [3.63, 3.8) is 0 Å². The molecule has 0 aromatic heterocycles. The lowest BCUT2D eigenvalue weighted by atomic mass is 10.4. The summed E-state index contributed by atoms with van der Waals surface area (Å²) in [5.74, 6) is 0.764. The van der Waals surface area contributed by atoms with Crippen LogP contribution in [-0.4, -0.2) is 20.8 Å². The Hall–Kier alpha value is 0.467. The van der Waals surface area contributed by atoms with Gasteiger partial charge in [0.05, 0.1) is 0 Å². The van der Waals surface area contributed by atoms with Crippen molar-refractivity contribution in [3.05, 3.63) is 0 Å². The third-order valence-electron chi connectivity index (χ3n) is 2.15. The molecule has 0 aromatic rings. The standard InChI is InChI=1S/C10H23ClOSi/c1-4-5-10-13(2,3)12-9-7-6-8-11/h4-10H2,1-3H3. The van der Waals surface area contributed by atoms with Crippen molar-refractivity contribution in [2.45, 2.75) is 51.7 Å². The van der Waals surface area contributed by atoms with E-state index in [0.717, 1.165) is 25.3 Å². The Morgan fingerprint density at radius 3 is 2.38 bits per heavy atom. The minimum absolute atomic E-state index is 0.764. The highest BCUT2D eigenvalue weighted by Crippen LogP contribution is 2.15. The van der Waals surface area contributed by atoms with Gasteiger partial charge in [-0.2, -0.15) is 0 Å². The molecule has 0 heterocycles. The Morgan fingerprint density at radius 2 is 1.85 bits per heavy atom. The Bertz CT molecular complexity index is 117. The maximum absolute atomic E-state index is 5.91. The van der Waals surface area contributed by atoms with E-state index >= 15 is 0 Å². The number of unbranched alkanes of at least 4 members (excludes halogenated alkanes) is 2. The lowest BCUT2D eigenvalue weighted by Crippen LogP contribution is -2.30. The van der Waals surface area contributed by atoms with Gasteiger partial charge in [0.1, 0.15) is 0 Å². The fraction of sp³-hybridized carbons (Fsp3) is 1.00. The largest absolute Gasteiger partial charge is 0.417 e. The summed E-state index contributed by atoms with van der Waals surface area (Å²) >= 11 is 5.59. The van der Waals surface area contributed by atoms with Crippen LogP contribution in [0.5, 0.6) is 0 Å². The van der Waals surface area contributed by atoms with E-state index < -0.39 is 8.32 Å². The van der Waals surface area contributed by atoms with Crippen LogP contribution in [0.1, 0.15) is 32.6 Å². The second kappa shape index (κ2) is 7.83. The second-order valence-electron chi connectivity index (χ2n) is 4.11. The van der Waals surface area contributed by atoms with Gasteiger partial charge in [-0.3, -0.25) is 0 Å². The van der Waals surface area contributed by atoms with Crippen LogP contribution in [-0.2, 0) is 4.43 Å². The predicted molar refractivity (Wildman–Crippen MR) is 63.1 cm³/mol. The minimum atomic E-state index is -1.32. The van der Waals surface area contributed by atoms with E-state index in [1.165, 1.54) is 18.9 Å². The Labute approximate surface area is 88.9 Å². The van der Waals surface area contributed by atoms with E-state index in [9.17, 15) is 0 Å². The average molecular weight is 223 g/mol. The summed E-state index contributed by atoms with van der Waals surface area (Å²) < 4.78 is 5.91. The van der Waals surface area contributed by atoms with Crippen molar-refractivity contribution in [3.8, 4) is 0 Å². The molecule has 80 valence electrons. The van der Waals surface area contributed by atoms with Crippen LogP contribution in [0, 0.1) is 0 Å². The minimum Gasteiger partial charge on any atom is -0.417 e. The molecular formula is C10H23ClOSi. The molecule has 0 aliphatic rings. The third-order valence-corrected chi connectivity index (χ3v) is 4.96. The molecule has 0 saturated carbocycles. The molecule has 0 saturated heterocycles. The van der Waals surface area contributed by atoms with Crippen molar-refractivity contribution in [1.82, 2.24) is 0 Å². The zero-order valence-electron chi connectivity index (χ0n) is 9.24. The SMILES string of the molecule is CCCC[Si](C)(C)OCCCCCl. The zero-order chi connectivity index (χ0) is 10.2. The number of hydrogen-bond donors (Lipinski definition) is 0. The van der Waals surface area contributed by atoms with Gasteiger partial charge in [0, 0.05) is 12.5 Å². The molecule has 0 unspecified atom stereocenters. The molecule has 13 heavy (non-hydrogen) atoms. The number of alkyl halides is 1. The quantitative estimate of drug-likeness (QED) is 0.342. The molecule has 0 aromatic carbocycles. The average Bonchev–Trinajstić information content (AvgIpc) is 2.09. The maximum Gasteiger partial charge on any atom is 0.186 e. The van der Waals surface area contributed by atoms with E-state index in [-0.39, 0.29) is 0 Å². The Balaban J connectivity index is 3.39. The molecular weight excluding hydrogens is 200 g/mol. The molecule has 0 amide bonds. The van der Waals surface area contributed by atoms with Crippen LogP contribution in [0.15, 0.2) is 0 Å². The van der Waals surface area contributed by atoms with E-state index in [1.54, 1.807) is 0 Å². The summed E-state index contributed by atoms with van der Waals surface area (Å²) in [4.78, 5) is 0. The molecule has 0 atom stereocenters. The van der Waals surface area contributed by atoms with Crippen LogP contribution in [0.3, 0.4) is 0 Å². The van der Waals surface area contributed by atoms with Gasteiger partial charge in [-0.25, -0.2) is 0 Å². The number of hydrogen-bond acceptors (Lipinski definition) is 1. The summed E-state index contributed by atoms with van der Waals surface area (Å²) in [5, 5.41) is 0. The van der Waals surface area contributed by atoms with E-state index in [1.807, 2.05) is 0 Å². The first-order valence-electron chi connectivity index (χ1n) is 5.32. The first kappa shape index (κ1) is 13.5. The lowest BCUT2D eigenvalue weighted by molar-refractivity contribution is 0.298. The fourth-order valence-corrected chi connectivity index (χ4v) is 3.45. The molecule has 0 fully saturated rings. The molecule has 0 aliphatic carbocycles. The Morgan fingerprint density at radius 1 is 1.15 bits per heavy atom. The molecule has 1 nitrogen and oxygen atoms in total. The number of rotatable bonds is 8. The smallest absolute Gasteiger partial charge is 0.186 e. The van der Waals surface area contributed by atoms with Crippen LogP contribution in [0.4, 0.5) is 0 Å². The summed E-state index contributed by atoms with van der Waals surface area (Å²) in [5.41, 5.74) is 0. The maximum atomic E-state index is 5.91. The van der Waals surface area contributed by atoms with Crippen molar-refractivity contribution in [1.29, 1.82) is 0 Å². The first-order chi connectivity index (χ1) is 6.12. The first-order valence-corrected chi connectivity index (χ1v) is 8.97. The van der Waals surface area contributed by atoms with Gasteiger partial charge in [0.2, 0.25) is 0 Å². The molecule has 0 spiro atoms. The highest BCUT2D eigenvalue weighted by atomic mass is 35.5. The van der Waals surface area contributed by atoms with Crippen LogP contribution in [0.25, 0.3) is 0 Å². The van der Waals surface area contributed by atoms with Crippen molar-refractivity contribution >= 4 is 19.9 Å². The van der Waals surface area contributed by atoms with Gasteiger partial charge in [-0.15, -0.1) is 11.6 Å². The van der Waals surface area contributed by atoms with Gasteiger partial charge in [0.25, 0.3) is 0 Å². The third kappa shape index (κ3) is 8.79. The lowest BCUT2D eigenvalue weighted by Gasteiger charge is -2.22. The highest BCUT2D eigenvalue weighted by Gasteiger charge is 2.20. The van der Waals surface area contributed by atoms with Crippen LogP contribution >= 0.6 is 11.6 Å². The molecule has 0 bridgehead atoms. The molecule has 0 rings (SSSR count).